The molecule has 1 amide bonds. The molecular weight excluding hydrogens is 272 g/mol. The molecule has 0 bridgehead atoms. The number of nitrogens with zero attached hydrogens (tertiary/aromatic N) is 2. The fourth-order valence-corrected chi connectivity index (χ4v) is 2.81. The lowest BCUT2D eigenvalue weighted by Crippen LogP contribution is -2.42. The van der Waals surface area contributed by atoms with Gasteiger partial charge in [0.2, 0.25) is 5.76 Å². The average Bonchev–Trinajstić information content (AvgIpc) is 2.97. The molecule has 0 radical (unpaired) electrons. The van der Waals surface area contributed by atoms with Crippen molar-refractivity contribution in [3.8, 4) is 0 Å². The van der Waals surface area contributed by atoms with Crippen LogP contribution in [0.1, 0.15) is 61.7 Å². The Labute approximate surface area is 124 Å². The Morgan fingerprint density at radius 3 is 2.81 bits per heavy atom. The molecule has 0 spiro atoms. The summed E-state index contributed by atoms with van der Waals surface area (Å²) in [6.45, 7) is 4.97. The lowest BCUT2D eigenvalue weighted by molar-refractivity contribution is -0.143. The van der Waals surface area contributed by atoms with Gasteiger partial charge in [0.05, 0.1) is 11.6 Å². The predicted octanol–water partition coefficient (Wildman–Crippen LogP) is 2.52. The van der Waals surface area contributed by atoms with Crippen LogP contribution < -0.4 is 0 Å². The Kier molecular flexibility index (Phi) is 4.98. The Balaban J connectivity index is 2.07. The van der Waals surface area contributed by atoms with Crippen molar-refractivity contribution in [3.05, 3.63) is 17.5 Å². The van der Waals surface area contributed by atoms with Crippen LogP contribution in [0.5, 0.6) is 0 Å². The topological polar surface area (TPSA) is 83.6 Å². The highest BCUT2D eigenvalue weighted by molar-refractivity contribution is 5.92. The summed E-state index contributed by atoms with van der Waals surface area (Å²) in [5.74, 6) is -1.08. The van der Waals surface area contributed by atoms with Gasteiger partial charge in [-0.15, -0.1) is 0 Å². The third-order valence-electron chi connectivity index (χ3n) is 4.20. The smallest absolute Gasteiger partial charge is 0.308 e. The molecule has 2 heterocycles. The van der Waals surface area contributed by atoms with E-state index < -0.39 is 11.9 Å². The van der Waals surface area contributed by atoms with Crippen LogP contribution in [0.3, 0.4) is 0 Å². The van der Waals surface area contributed by atoms with Gasteiger partial charge < -0.3 is 14.5 Å². The van der Waals surface area contributed by atoms with Crippen LogP contribution >= 0.6 is 0 Å². The van der Waals surface area contributed by atoms with E-state index in [1.165, 1.54) is 0 Å². The first-order valence-corrected chi connectivity index (χ1v) is 7.55. The maximum atomic E-state index is 12.4. The number of carbonyl (C=O) groups excluding carboxylic acids is 1. The number of aromatic nitrogens is 1. The van der Waals surface area contributed by atoms with E-state index >= 15 is 0 Å². The van der Waals surface area contributed by atoms with Crippen molar-refractivity contribution in [2.45, 2.75) is 45.4 Å². The molecule has 21 heavy (non-hydrogen) atoms. The summed E-state index contributed by atoms with van der Waals surface area (Å²) >= 11 is 0. The Hall–Kier alpha value is -1.85. The number of carboxylic acid groups (broad SMARTS) is 1. The number of amides is 1. The van der Waals surface area contributed by atoms with Crippen molar-refractivity contribution in [1.82, 2.24) is 10.1 Å². The van der Waals surface area contributed by atoms with Crippen LogP contribution in [0.25, 0.3) is 0 Å². The van der Waals surface area contributed by atoms with E-state index in [2.05, 4.69) is 19.0 Å². The molecule has 1 unspecified atom stereocenters. The van der Waals surface area contributed by atoms with Gasteiger partial charge in [0.15, 0.2) is 0 Å². The third kappa shape index (κ3) is 3.43. The lowest BCUT2D eigenvalue weighted by Gasteiger charge is -2.29. The van der Waals surface area contributed by atoms with E-state index in [0.29, 0.717) is 25.3 Å². The number of piperidine rings is 1. The number of aliphatic carboxylic acids is 1. The number of carbonyl (C=O) groups is 2. The molecular formula is C15H22N2O4. The molecule has 1 atom stereocenters. The van der Waals surface area contributed by atoms with Crippen LogP contribution in [0, 0.1) is 5.92 Å². The van der Waals surface area contributed by atoms with Gasteiger partial charge in [-0.2, -0.15) is 0 Å². The average molecular weight is 294 g/mol. The van der Waals surface area contributed by atoms with Gasteiger partial charge in [0, 0.05) is 25.1 Å². The molecule has 6 heteroatoms. The van der Waals surface area contributed by atoms with Crippen LogP contribution in [0.15, 0.2) is 10.6 Å². The van der Waals surface area contributed by atoms with Gasteiger partial charge in [-0.3, -0.25) is 9.59 Å². The molecule has 6 nitrogen and oxygen atoms in total. The minimum Gasteiger partial charge on any atom is -0.481 e. The van der Waals surface area contributed by atoms with E-state index in [-0.39, 0.29) is 18.2 Å². The summed E-state index contributed by atoms with van der Waals surface area (Å²) < 4.78 is 5.17. The van der Waals surface area contributed by atoms with Crippen molar-refractivity contribution < 1.29 is 19.2 Å². The highest BCUT2D eigenvalue weighted by Crippen LogP contribution is 2.24. The van der Waals surface area contributed by atoms with Gasteiger partial charge >= 0.3 is 5.97 Å². The largest absolute Gasteiger partial charge is 0.481 e. The van der Waals surface area contributed by atoms with Gasteiger partial charge in [0.25, 0.3) is 5.91 Å². The second-order valence-electron chi connectivity index (χ2n) is 5.56. The molecule has 1 fully saturated rings. The molecule has 2 rings (SSSR count). The number of hydrogen-bond acceptors (Lipinski definition) is 4. The molecule has 1 N–H and O–H groups in total. The number of carboxylic acids is 1. The van der Waals surface area contributed by atoms with Gasteiger partial charge in [-0.25, -0.2) is 0 Å². The minimum atomic E-state index is -0.845. The summed E-state index contributed by atoms with van der Waals surface area (Å²) in [4.78, 5) is 25.0. The number of hydrogen-bond donors (Lipinski definition) is 1. The monoisotopic (exact) mass is 294 g/mol. The second-order valence-corrected chi connectivity index (χ2v) is 5.56. The molecule has 1 saturated heterocycles. The van der Waals surface area contributed by atoms with Crippen LogP contribution in [0.2, 0.25) is 0 Å². The van der Waals surface area contributed by atoms with Crippen LogP contribution in [-0.4, -0.2) is 40.1 Å². The quantitative estimate of drug-likeness (QED) is 0.902. The maximum Gasteiger partial charge on any atom is 0.308 e. The van der Waals surface area contributed by atoms with E-state index in [1.54, 1.807) is 11.0 Å². The molecule has 1 aromatic rings. The SMILES string of the molecule is CCC(CC)c1cc(C(=O)N2CCCC(C(=O)O)C2)on1. The van der Waals surface area contributed by atoms with Crippen LogP contribution in [-0.2, 0) is 4.79 Å². The van der Waals surface area contributed by atoms with Crippen LogP contribution in [0.4, 0.5) is 0 Å². The molecule has 1 aromatic heterocycles. The maximum absolute atomic E-state index is 12.4. The zero-order valence-electron chi connectivity index (χ0n) is 12.5. The predicted molar refractivity (Wildman–Crippen MR) is 76.1 cm³/mol. The van der Waals surface area contributed by atoms with E-state index in [9.17, 15) is 9.59 Å². The first kappa shape index (κ1) is 15.5. The van der Waals surface area contributed by atoms with Crippen molar-refractivity contribution >= 4 is 11.9 Å². The molecule has 0 aliphatic carbocycles. The molecule has 0 aromatic carbocycles. The summed E-state index contributed by atoms with van der Waals surface area (Å²) in [5, 5.41) is 13.1. The molecule has 1 aliphatic rings. The lowest BCUT2D eigenvalue weighted by atomic mass is 9.97. The Morgan fingerprint density at radius 2 is 2.19 bits per heavy atom. The highest BCUT2D eigenvalue weighted by Gasteiger charge is 2.30. The minimum absolute atomic E-state index is 0.211. The molecule has 116 valence electrons. The van der Waals surface area contributed by atoms with Crippen molar-refractivity contribution in [1.29, 1.82) is 0 Å². The number of likely N-dealkylation sites (tertiary alicyclic amines) is 1. The van der Waals surface area contributed by atoms with Crippen molar-refractivity contribution in [2.75, 3.05) is 13.1 Å². The summed E-state index contributed by atoms with van der Waals surface area (Å²) in [6.07, 6.45) is 3.22. The zero-order valence-corrected chi connectivity index (χ0v) is 12.5. The molecule has 0 saturated carbocycles. The number of rotatable bonds is 5. The van der Waals surface area contributed by atoms with E-state index in [1.807, 2.05) is 0 Å². The fourth-order valence-electron chi connectivity index (χ4n) is 2.81. The van der Waals surface area contributed by atoms with Gasteiger partial charge in [-0.05, 0) is 25.7 Å². The fraction of sp³-hybridized carbons (Fsp3) is 0.667. The van der Waals surface area contributed by atoms with Crippen molar-refractivity contribution in [3.63, 3.8) is 0 Å². The summed E-state index contributed by atoms with van der Waals surface area (Å²) in [5.41, 5.74) is 0.801. The molecule has 1 aliphatic heterocycles. The summed E-state index contributed by atoms with van der Waals surface area (Å²) in [6, 6.07) is 1.70. The third-order valence-corrected chi connectivity index (χ3v) is 4.20. The second kappa shape index (κ2) is 6.74. The van der Waals surface area contributed by atoms with E-state index in [0.717, 1.165) is 18.5 Å². The Morgan fingerprint density at radius 1 is 1.48 bits per heavy atom. The first-order chi connectivity index (χ1) is 10.1. The van der Waals surface area contributed by atoms with Gasteiger partial charge in [-0.1, -0.05) is 19.0 Å². The standard InChI is InChI=1S/C15H22N2O4/c1-3-10(4-2)12-8-13(21-16-12)14(18)17-7-5-6-11(9-17)15(19)20/h8,10-11H,3-7,9H2,1-2H3,(H,19,20). The zero-order chi connectivity index (χ0) is 15.4. The normalized spacial score (nSPS) is 19.0. The van der Waals surface area contributed by atoms with Crippen molar-refractivity contribution in [2.24, 2.45) is 5.92 Å². The first-order valence-electron chi connectivity index (χ1n) is 7.55. The highest BCUT2D eigenvalue weighted by atomic mass is 16.5. The summed E-state index contributed by atoms with van der Waals surface area (Å²) in [7, 11) is 0. The van der Waals surface area contributed by atoms with E-state index in [4.69, 9.17) is 9.63 Å². The Bertz CT molecular complexity index is 508. The van der Waals surface area contributed by atoms with Gasteiger partial charge in [0.1, 0.15) is 0 Å².